The van der Waals surface area contributed by atoms with E-state index in [4.69, 9.17) is 14.2 Å². The average Bonchev–Trinajstić information content (AvgIpc) is 3.37. The third-order valence-electron chi connectivity index (χ3n) is 12.4. The van der Waals surface area contributed by atoms with Gasteiger partial charge in [0.25, 0.3) is 0 Å². The summed E-state index contributed by atoms with van der Waals surface area (Å²) in [5.74, 6) is -0.948. The summed E-state index contributed by atoms with van der Waals surface area (Å²) in [5, 5.41) is 0. The number of carbonyl (C=O) groups excluding carboxylic acids is 3. The lowest BCUT2D eigenvalue weighted by Crippen LogP contribution is -2.30. The first-order valence-corrected chi connectivity index (χ1v) is 29.5. The van der Waals surface area contributed by atoms with Crippen LogP contribution in [-0.4, -0.2) is 37.2 Å². The molecule has 0 saturated carbocycles. The third-order valence-corrected chi connectivity index (χ3v) is 12.4. The van der Waals surface area contributed by atoms with Gasteiger partial charge in [0, 0.05) is 19.3 Å². The predicted octanol–water partition coefficient (Wildman–Crippen LogP) is 19.9. The molecule has 0 saturated heterocycles. The minimum absolute atomic E-state index is 0.100. The quantitative estimate of drug-likeness (QED) is 0.0199. The second-order valence-corrected chi connectivity index (χ2v) is 19.3. The molecule has 0 aliphatic rings. The van der Waals surface area contributed by atoms with Crippen molar-refractivity contribution in [2.75, 3.05) is 13.2 Å². The van der Waals surface area contributed by atoms with Crippen LogP contribution in [0, 0.1) is 0 Å². The van der Waals surface area contributed by atoms with Gasteiger partial charge in [0.1, 0.15) is 13.2 Å². The normalized spacial score (nSPS) is 12.9. The molecule has 404 valence electrons. The van der Waals surface area contributed by atoms with E-state index in [0.29, 0.717) is 19.3 Å². The molecule has 0 aromatic rings. The van der Waals surface area contributed by atoms with E-state index >= 15 is 0 Å². The number of allylic oxidation sites excluding steroid dienone is 18. The van der Waals surface area contributed by atoms with Gasteiger partial charge < -0.3 is 14.2 Å². The number of hydrogen-bond donors (Lipinski definition) is 0. The second-order valence-electron chi connectivity index (χ2n) is 19.3. The maximum Gasteiger partial charge on any atom is 0.306 e. The highest BCUT2D eigenvalue weighted by Gasteiger charge is 2.19. The molecule has 0 bridgehead atoms. The topological polar surface area (TPSA) is 78.9 Å². The standard InChI is InChI=1S/C65H108O6/c1-4-7-10-13-16-19-22-25-28-31-34-37-40-43-46-49-52-55-58-64(67)70-61-62(60-69-63(66)57-54-51-48-45-42-39-36-33-30-27-24-21-18-15-12-9-6-3)71-65(68)59-56-53-50-47-44-41-38-35-32-29-26-23-20-17-14-11-8-5-2/h16,18-19,21-23,25-32,34-35,37-38,62H,4-15,17,20,24,33,36,39-61H2,1-3H3/b19-16-,21-18-,25-22-,26-23-,30-27-,31-28-,32-29-,37-34-,38-35-. The van der Waals surface area contributed by atoms with E-state index in [1.54, 1.807) is 0 Å². The van der Waals surface area contributed by atoms with Gasteiger partial charge in [-0.15, -0.1) is 0 Å². The lowest BCUT2D eigenvalue weighted by Gasteiger charge is -2.18. The Balaban J connectivity index is 4.51. The van der Waals surface area contributed by atoms with Crippen LogP contribution in [0.15, 0.2) is 109 Å². The van der Waals surface area contributed by atoms with Gasteiger partial charge in [-0.2, -0.15) is 0 Å². The van der Waals surface area contributed by atoms with Crippen molar-refractivity contribution in [3.63, 3.8) is 0 Å². The molecule has 0 fully saturated rings. The van der Waals surface area contributed by atoms with Crippen LogP contribution in [0.3, 0.4) is 0 Å². The molecule has 6 nitrogen and oxygen atoms in total. The Morgan fingerprint density at radius 1 is 0.296 bits per heavy atom. The first-order valence-electron chi connectivity index (χ1n) is 29.5. The van der Waals surface area contributed by atoms with E-state index in [0.717, 1.165) is 122 Å². The van der Waals surface area contributed by atoms with Crippen LogP contribution < -0.4 is 0 Å². The molecule has 1 atom stereocenters. The maximum absolute atomic E-state index is 12.9. The van der Waals surface area contributed by atoms with Crippen LogP contribution in [0.2, 0.25) is 0 Å². The largest absolute Gasteiger partial charge is 0.462 e. The Kier molecular flexibility index (Phi) is 55.4. The molecule has 71 heavy (non-hydrogen) atoms. The zero-order valence-electron chi connectivity index (χ0n) is 46.2. The minimum atomic E-state index is -0.805. The Bertz CT molecular complexity index is 1460. The van der Waals surface area contributed by atoms with Crippen molar-refractivity contribution in [2.24, 2.45) is 0 Å². The number of carbonyl (C=O) groups is 3. The van der Waals surface area contributed by atoms with E-state index in [2.05, 4.69) is 130 Å². The Labute approximate surface area is 438 Å². The van der Waals surface area contributed by atoms with Crippen LogP contribution in [0.5, 0.6) is 0 Å². The van der Waals surface area contributed by atoms with Gasteiger partial charge in [0.15, 0.2) is 6.10 Å². The monoisotopic (exact) mass is 985 g/mol. The first kappa shape index (κ1) is 67.1. The molecule has 0 N–H and O–H groups in total. The molecule has 0 aliphatic heterocycles. The minimum Gasteiger partial charge on any atom is -0.462 e. The zero-order chi connectivity index (χ0) is 51.4. The molecule has 0 amide bonds. The van der Waals surface area contributed by atoms with Gasteiger partial charge in [-0.1, -0.05) is 252 Å². The zero-order valence-corrected chi connectivity index (χ0v) is 46.2. The van der Waals surface area contributed by atoms with Crippen molar-refractivity contribution >= 4 is 17.9 Å². The summed E-state index contributed by atoms with van der Waals surface area (Å²) in [5.41, 5.74) is 0. The fraction of sp³-hybridized carbons (Fsp3) is 0.677. The summed E-state index contributed by atoms with van der Waals surface area (Å²) >= 11 is 0. The highest BCUT2D eigenvalue weighted by molar-refractivity contribution is 5.71. The second kappa shape index (κ2) is 58.6. The van der Waals surface area contributed by atoms with Crippen molar-refractivity contribution in [1.29, 1.82) is 0 Å². The van der Waals surface area contributed by atoms with Gasteiger partial charge >= 0.3 is 17.9 Å². The summed E-state index contributed by atoms with van der Waals surface area (Å²) in [6.07, 6.45) is 79.2. The van der Waals surface area contributed by atoms with Crippen LogP contribution in [0.1, 0.15) is 265 Å². The smallest absolute Gasteiger partial charge is 0.306 e. The molecule has 0 rings (SSSR count). The molecule has 1 unspecified atom stereocenters. The summed E-state index contributed by atoms with van der Waals surface area (Å²) in [7, 11) is 0. The van der Waals surface area contributed by atoms with Crippen LogP contribution >= 0.6 is 0 Å². The number of ether oxygens (including phenoxy) is 3. The SMILES string of the molecule is CCCCC\C=C/C=C\C=C/C=C\CCCCCCCC(=O)OCC(COC(=O)CCCCCCCCC/C=C\C/C=C\CCCCC)OC(=O)CCCCCCC\C=C/C=C\C=C/CCCCCCC. The first-order chi connectivity index (χ1) is 35.0. The number of hydrogen-bond acceptors (Lipinski definition) is 6. The van der Waals surface area contributed by atoms with E-state index in [1.165, 1.54) is 103 Å². The lowest BCUT2D eigenvalue weighted by molar-refractivity contribution is -0.167. The van der Waals surface area contributed by atoms with Crippen LogP contribution in [-0.2, 0) is 28.6 Å². The molecule has 0 radical (unpaired) electrons. The summed E-state index contributed by atoms with van der Waals surface area (Å²) in [4.78, 5) is 38.2. The molecule has 0 aromatic carbocycles. The summed E-state index contributed by atoms with van der Waals surface area (Å²) in [6.45, 7) is 6.52. The van der Waals surface area contributed by atoms with Gasteiger partial charge in [-0.25, -0.2) is 0 Å². The van der Waals surface area contributed by atoms with Crippen LogP contribution in [0.25, 0.3) is 0 Å². The average molecular weight is 986 g/mol. The number of unbranched alkanes of at least 4 members (excludes halogenated alkanes) is 28. The van der Waals surface area contributed by atoms with Crippen molar-refractivity contribution in [3.8, 4) is 0 Å². The van der Waals surface area contributed by atoms with Crippen molar-refractivity contribution in [1.82, 2.24) is 0 Å². The molecule has 0 heterocycles. The molecule has 0 spiro atoms. The molecule has 0 aromatic heterocycles. The fourth-order valence-corrected chi connectivity index (χ4v) is 7.90. The number of rotatable bonds is 52. The highest BCUT2D eigenvalue weighted by atomic mass is 16.6. The van der Waals surface area contributed by atoms with Crippen molar-refractivity contribution in [2.45, 2.75) is 271 Å². The Morgan fingerprint density at radius 3 is 0.930 bits per heavy atom. The highest BCUT2D eigenvalue weighted by Crippen LogP contribution is 2.14. The molecular weight excluding hydrogens is 877 g/mol. The lowest BCUT2D eigenvalue weighted by atomic mass is 10.1. The van der Waals surface area contributed by atoms with Gasteiger partial charge in [-0.3, -0.25) is 14.4 Å². The fourth-order valence-electron chi connectivity index (χ4n) is 7.90. The van der Waals surface area contributed by atoms with E-state index in [9.17, 15) is 14.4 Å². The number of esters is 3. The predicted molar refractivity (Wildman–Crippen MR) is 307 cm³/mol. The molecule has 6 heteroatoms. The Morgan fingerprint density at radius 2 is 0.563 bits per heavy atom. The van der Waals surface area contributed by atoms with Gasteiger partial charge in [0.2, 0.25) is 0 Å². The Hall–Kier alpha value is -3.93. The van der Waals surface area contributed by atoms with Gasteiger partial charge in [0.05, 0.1) is 0 Å². The van der Waals surface area contributed by atoms with Gasteiger partial charge in [-0.05, 0) is 103 Å². The third kappa shape index (κ3) is 56.9. The van der Waals surface area contributed by atoms with E-state index < -0.39 is 6.10 Å². The van der Waals surface area contributed by atoms with Crippen molar-refractivity contribution in [3.05, 3.63) is 109 Å². The molecule has 0 aliphatic carbocycles. The van der Waals surface area contributed by atoms with Crippen LogP contribution in [0.4, 0.5) is 0 Å². The van der Waals surface area contributed by atoms with E-state index in [-0.39, 0.29) is 31.1 Å². The van der Waals surface area contributed by atoms with Crippen molar-refractivity contribution < 1.29 is 28.6 Å². The summed E-state index contributed by atoms with van der Waals surface area (Å²) < 4.78 is 16.9. The summed E-state index contributed by atoms with van der Waals surface area (Å²) in [6, 6.07) is 0. The maximum atomic E-state index is 12.9. The van der Waals surface area contributed by atoms with E-state index in [1.807, 2.05) is 0 Å². The molecular formula is C65H108O6.